The molecule has 0 spiro atoms. The normalized spacial score (nSPS) is 18.5. The zero-order valence-corrected chi connectivity index (χ0v) is 11.7. The number of piperidine rings is 1. The second-order valence-corrected chi connectivity index (χ2v) is 5.30. The summed E-state index contributed by atoms with van der Waals surface area (Å²) in [6.45, 7) is 0.739. The lowest BCUT2D eigenvalue weighted by molar-refractivity contribution is 0.0611. The molecule has 1 aromatic heterocycles. The van der Waals surface area contributed by atoms with Crippen molar-refractivity contribution in [1.29, 1.82) is 0 Å². The molecule has 1 aromatic carbocycles. The molecule has 0 radical (unpaired) electrons. The number of pyridine rings is 1. The number of amides is 1. The fraction of sp³-hybridized carbons (Fsp3) is 0.294. The maximum Gasteiger partial charge on any atom is 0.254 e. The molecule has 108 valence electrons. The van der Waals surface area contributed by atoms with Crippen molar-refractivity contribution in [2.75, 3.05) is 6.54 Å². The molecule has 21 heavy (non-hydrogen) atoms. The summed E-state index contributed by atoms with van der Waals surface area (Å²) in [5.41, 5.74) is 1.65. The molecule has 3 nitrogen and oxygen atoms in total. The fourth-order valence-electron chi connectivity index (χ4n) is 2.87. The highest BCUT2D eigenvalue weighted by molar-refractivity contribution is 5.94. The molecule has 0 bridgehead atoms. The smallest absolute Gasteiger partial charge is 0.254 e. The summed E-state index contributed by atoms with van der Waals surface area (Å²) < 4.78 is 13.1. The molecule has 1 aliphatic rings. The van der Waals surface area contributed by atoms with E-state index in [4.69, 9.17) is 0 Å². The molecule has 1 aliphatic heterocycles. The van der Waals surface area contributed by atoms with Gasteiger partial charge in [-0.1, -0.05) is 12.1 Å². The third-order valence-electron chi connectivity index (χ3n) is 3.95. The molecular formula is C17H17FN2O. The lowest BCUT2D eigenvalue weighted by atomic mass is 9.94. The number of likely N-dealkylation sites (tertiary alicyclic amines) is 1. The van der Waals surface area contributed by atoms with Crippen molar-refractivity contribution < 1.29 is 9.18 Å². The second-order valence-electron chi connectivity index (χ2n) is 5.30. The molecular weight excluding hydrogens is 267 g/mol. The van der Waals surface area contributed by atoms with Crippen LogP contribution in [0.15, 0.2) is 48.8 Å². The first-order chi connectivity index (χ1) is 10.3. The first-order valence-electron chi connectivity index (χ1n) is 7.22. The van der Waals surface area contributed by atoms with Gasteiger partial charge >= 0.3 is 0 Å². The molecule has 0 saturated carbocycles. The molecule has 1 unspecified atom stereocenters. The largest absolute Gasteiger partial charge is 0.332 e. The van der Waals surface area contributed by atoms with Gasteiger partial charge in [-0.15, -0.1) is 0 Å². The Labute approximate surface area is 123 Å². The summed E-state index contributed by atoms with van der Waals surface area (Å²) in [4.78, 5) is 18.5. The molecule has 2 aromatic rings. The van der Waals surface area contributed by atoms with Crippen molar-refractivity contribution in [2.24, 2.45) is 0 Å². The van der Waals surface area contributed by atoms with Crippen molar-refractivity contribution in [3.63, 3.8) is 0 Å². The van der Waals surface area contributed by atoms with Gasteiger partial charge < -0.3 is 4.90 Å². The molecule has 0 aliphatic carbocycles. The Balaban J connectivity index is 1.88. The summed E-state index contributed by atoms with van der Waals surface area (Å²) in [6.07, 6.45) is 6.27. The average Bonchev–Trinajstić information content (AvgIpc) is 2.56. The number of carbonyl (C=O) groups excluding carboxylic acids is 1. The molecule has 1 fully saturated rings. The van der Waals surface area contributed by atoms with Crippen molar-refractivity contribution in [3.05, 3.63) is 65.7 Å². The fourth-order valence-corrected chi connectivity index (χ4v) is 2.87. The highest BCUT2D eigenvalue weighted by Gasteiger charge is 2.28. The van der Waals surface area contributed by atoms with E-state index >= 15 is 0 Å². The zero-order chi connectivity index (χ0) is 14.7. The van der Waals surface area contributed by atoms with E-state index in [1.807, 2.05) is 4.90 Å². The van der Waals surface area contributed by atoms with Crippen LogP contribution in [0.4, 0.5) is 4.39 Å². The van der Waals surface area contributed by atoms with Crippen LogP contribution in [0, 0.1) is 5.82 Å². The Morgan fingerprint density at radius 3 is 2.52 bits per heavy atom. The molecule has 1 atom stereocenters. The summed E-state index contributed by atoms with van der Waals surface area (Å²) in [6, 6.07) is 9.96. The first kappa shape index (κ1) is 13.7. The van der Waals surface area contributed by atoms with Crippen LogP contribution in [-0.4, -0.2) is 22.3 Å². The Hall–Kier alpha value is -2.23. The number of benzene rings is 1. The minimum atomic E-state index is -0.249. The standard InChI is InChI=1S/C17H17FN2O/c18-15-6-4-13(5-7-15)16-3-1-2-12-20(16)17(21)14-8-10-19-11-9-14/h4-11,16H,1-3,12H2. The van der Waals surface area contributed by atoms with Gasteiger partial charge in [0, 0.05) is 24.5 Å². The number of carbonyl (C=O) groups is 1. The summed E-state index contributed by atoms with van der Waals surface area (Å²) in [7, 11) is 0. The monoisotopic (exact) mass is 284 g/mol. The van der Waals surface area contributed by atoms with Gasteiger partial charge in [0.25, 0.3) is 5.91 Å². The van der Waals surface area contributed by atoms with Crippen molar-refractivity contribution in [3.8, 4) is 0 Å². The van der Waals surface area contributed by atoms with Gasteiger partial charge in [0.15, 0.2) is 0 Å². The van der Waals surface area contributed by atoms with Crippen LogP contribution >= 0.6 is 0 Å². The van der Waals surface area contributed by atoms with Crippen LogP contribution in [0.2, 0.25) is 0 Å². The summed E-state index contributed by atoms with van der Waals surface area (Å²) in [5, 5.41) is 0. The van der Waals surface area contributed by atoms with E-state index in [1.54, 1.807) is 36.7 Å². The number of aromatic nitrogens is 1. The Bertz CT molecular complexity index is 612. The second kappa shape index (κ2) is 6.04. The third-order valence-corrected chi connectivity index (χ3v) is 3.95. The van der Waals surface area contributed by atoms with Gasteiger partial charge in [0.2, 0.25) is 0 Å². The number of hydrogen-bond donors (Lipinski definition) is 0. The topological polar surface area (TPSA) is 33.2 Å². The quantitative estimate of drug-likeness (QED) is 0.844. The van der Waals surface area contributed by atoms with E-state index < -0.39 is 0 Å². The van der Waals surface area contributed by atoms with Crippen LogP contribution in [0.1, 0.15) is 41.2 Å². The number of rotatable bonds is 2. The van der Waals surface area contributed by atoms with Gasteiger partial charge in [-0.25, -0.2) is 4.39 Å². The lowest BCUT2D eigenvalue weighted by Crippen LogP contribution is -2.38. The number of hydrogen-bond acceptors (Lipinski definition) is 2. The van der Waals surface area contributed by atoms with Crippen LogP contribution in [-0.2, 0) is 0 Å². The highest BCUT2D eigenvalue weighted by atomic mass is 19.1. The minimum absolute atomic E-state index is 0.0198. The van der Waals surface area contributed by atoms with Crippen LogP contribution in [0.3, 0.4) is 0 Å². The van der Waals surface area contributed by atoms with Crippen LogP contribution in [0.25, 0.3) is 0 Å². The molecule has 4 heteroatoms. The maximum atomic E-state index is 13.1. The van der Waals surface area contributed by atoms with Gasteiger partial charge in [-0.2, -0.15) is 0 Å². The van der Waals surface area contributed by atoms with Gasteiger partial charge in [-0.3, -0.25) is 9.78 Å². The molecule has 2 heterocycles. The predicted molar refractivity (Wildman–Crippen MR) is 78.3 cm³/mol. The Kier molecular flexibility index (Phi) is 3.95. The number of nitrogens with zero attached hydrogens (tertiary/aromatic N) is 2. The maximum absolute atomic E-state index is 13.1. The van der Waals surface area contributed by atoms with E-state index in [0.717, 1.165) is 31.4 Å². The SMILES string of the molecule is O=C(c1ccncc1)N1CCCCC1c1ccc(F)cc1. The van der Waals surface area contributed by atoms with E-state index in [9.17, 15) is 9.18 Å². The molecule has 0 N–H and O–H groups in total. The minimum Gasteiger partial charge on any atom is -0.332 e. The van der Waals surface area contributed by atoms with E-state index in [1.165, 1.54) is 12.1 Å². The molecule has 3 rings (SSSR count). The lowest BCUT2D eigenvalue weighted by Gasteiger charge is -2.36. The number of halogens is 1. The summed E-state index contributed by atoms with van der Waals surface area (Å²) >= 11 is 0. The first-order valence-corrected chi connectivity index (χ1v) is 7.22. The summed E-state index contributed by atoms with van der Waals surface area (Å²) in [5.74, 6) is -0.229. The van der Waals surface area contributed by atoms with Gasteiger partial charge in [0.05, 0.1) is 6.04 Å². The van der Waals surface area contributed by atoms with E-state index in [2.05, 4.69) is 4.98 Å². The third kappa shape index (κ3) is 2.94. The Morgan fingerprint density at radius 1 is 1.10 bits per heavy atom. The zero-order valence-electron chi connectivity index (χ0n) is 11.7. The molecule has 1 saturated heterocycles. The van der Waals surface area contributed by atoms with Crippen LogP contribution < -0.4 is 0 Å². The van der Waals surface area contributed by atoms with Crippen molar-refractivity contribution >= 4 is 5.91 Å². The van der Waals surface area contributed by atoms with Gasteiger partial charge in [-0.05, 0) is 49.1 Å². The predicted octanol–water partition coefficient (Wildman–Crippen LogP) is 3.59. The van der Waals surface area contributed by atoms with Crippen molar-refractivity contribution in [2.45, 2.75) is 25.3 Å². The van der Waals surface area contributed by atoms with E-state index in [-0.39, 0.29) is 17.8 Å². The van der Waals surface area contributed by atoms with E-state index in [0.29, 0.717) is 5.56 Å². The average molecular weight is 284 g/mol. The van der Waals surface area contributed by atoms with Crippen LogP contribution in [0.5, 0.6) is 0 Å². The Morgan fingerprint density at radius 2 is 1.81 bits per heavy atom. The van der Waals surface area contributed by atoms with Crippen molar-refractivity contribution in [1.82, 2.24) is 9.88 Å². The van der Waals surface area contributed by atoms with Gasteiger partial charge in [0.1, 0.15) is 5.82 Å². The molecule has 1 amide bonds. The highest BCUT2D eigenvalue weighted by Crippen LogP contribution is 2.32.